The van der Waals surface area contributed by atoms with E-state index in [1.54, 1.807) is 41.6 Å². The number of rotatable bonds is 10. The van der Waals surface area contributed by atoms with Crippen molar-refractivity contribution in [2.45, 2.75) is 61.4 Å². The second kappa shape index (κ2) is 14.3. The van der Waals surface area contributed by atoms with E-state index in [0.29, 0.717) is 40.9 Å². The van der Waals surface area contributed by atoms with Gasteiger partial charge in [-0.05, 0) is 74.6 Å². The number of hydrogen-bond donors (Lipinski definition) is 1. The molecule has 1 amide bonds. The molecule has 250 valence electrons. The molecule has 0 atom stereocenters. The molecule has 5 rings (SSSR count). The number of anilines is 1. The van der Waals surface area contributed by atoms with E-state index < -0.39 is 20.0 Å². The maximum Gasteiger partial charge on any atom is 0.243 e. The summed E-state index contributed by atoms with van der Waals surface area (Å²) < 4.78 is 57.4. The molecule has 0 radical (unpaired) electrons. The number of hydrogen-bond acceptors (Lipinski definition) is 8. The summed E-state index contributed by atoms with van der Waals surface area (Å²) in [5, 5.41) is 12.2. The monoisotopic (exact) mass is 696 g/mol. The van der Waals surface area contributed by atoms with Crippen molar-refractivity contribution in [1.82, 2.24) is 23.4 Å². The summed E-state index contributed by atoms with van der Waals surface area (Å²) in [6.07, 6.45) is 3.70. The molecule has 14 heteroatoms. The average molecular weight is 697 g/mol. The molecule has 0 bridgehead atoms. The largest absolute Gasteiger partial charge is 0.325 e. The first kappa shape index (κ1) is 34.8. The fourth-order valence-corrected chi connectivity index (χ4v) is 9.07. The molecule has 0 saturated carbocycles. The van der Waals surface area contributed by atoms with Gasteiger partial charge in [-0.25, -0.2) is 21.1 Å². The first-order chi connectivity index (χ1) is 22.3. The summed E-state index contributed by atoms with van der Waals surface area (Å²) >= 11 is 1.18. The van der Waals surface area contributed by atoms with Gasteiger partial charge in [0.05, 0.1) is 21.2 Å². The number of sulfonamides is 2. The van der Waals surface area contributed by atoms with Gasteiger partial charge >= 0.3 is 0 Å². The SMILES string of the molecule is Cc1ccc(NC(=O)CSc2nnc(-c3cccc(S(=O)(=O)N(C)C)c3)n2-c2c(C)cccc2C)cc1S(=O)(=O)N1CCCCCC1. The Morgan fingerprint density at radius 2 is 1.51 bits per heavy atom. The minimum Gasteiger partial charge on any atom is -0.325 e. The highest BCUT2D eigenvalue weighted by molar-refractivity contribution is 7.99. The van der Waals surface area contributed by atoms with Crippen LogP contribution < -0.4 is 5.32 Å². The van der Waals surface area contributed by atoms with E-state index in [9.17, 15) is 21.6 Å². The third-order valence-electron chi connectivity index (χ3n) is 8.15. The summed E-state index contributed by atoms with van der Waals surface area (Å²) in [5.74, 6) is 0.0665. The number of aryl methyl sites for hydroxylation is 3. The molecule has 1 fully saturated rings. The predicted octanol–water partition coefficient (Wildman–Crippen LogP) is 5.41. The molecule has 1 saturated heterocycles. The van der Waals surface area contributed by atoms with E-state index in [2.05, 4.69) is 15.5 Å². The molecule has 3 aromatic carbocycles. The van der Waals surface area contributed by atoms with Gasteiger partial charge in [-0.3, -0.25) is 9.36 Å². The smallest absolute Gasteiger partial charge is 0.243 e. The topological polar surface area (TPSA) is 135 Å². The van der Waals surface area contributed by atoms with E-state index in [-0.39, 0.29) is 21.5 Å². The Kier molecular flexibility index (Phi) is 10.6. The minimum absolute atomic E-state index is 0.0276. The van der Waals surface area contributed by atoms with Crippen LogP contribution in [-0.2, 0) is 24.8 Å². The molecule has 1 aliphatic rings. The predicted molar refractivity (Wildman–Crippen MR) is 185 cm³/mol. The minimum atomic E-state index is -3.70. The Labute approximate surface area is 281 Å². The van der Waals surface area contributed by atoms with Crippen LogP contribution in [-0.4, -0.2) is 79.1 Å². The van der Waals surface area contributed by atoms with E-state index in [1.807, 2.05) is 36.6 Å². The number of para-hydroxylation sites is 1. The quantitative estimate of drug-likeness (QED) is 0.218. The molecular formula is C33H40N6O5S3. The molecule has 0 aliphatic carbocycles. The fourth-order valence-electron chi connectivity index (χ4n) is 5.62. The lowest BCUT2D eigenvalue weighted by molar-refractivity contribution is -0.113. The average Bonchev–Trinajstić information content (AvgIpc) is 3.23. The highest BCUT2D eigenvalue weighted by Crippen LogP contribution is 2.33. The molecule has 1 aromatic heterocycles. The maximum atomic E-state index is 13.5. The van der Waals surface area contributed by atoms with Gasteiger partial charge in [0.15, 0.2) is 11.0 Å². The zero-order chi connectivity index (χ0) is 33.9. The molecule has 1 aliphatic heterocycles. The molecule has 47 heavy (non-hydrogen) atoms. The summed E-state index contributed by atoms with van der Waals surface area (Å²) in [6.45, 7) is 6.68. The van der Waals surface area contributed by atoms with Gasteiger partial charge in [-0.2, -0.15) is 4.31 Å². The first-order valence-corrected chi connectivity index (χ1v) is 19.3. The van der Waals surface area contributed by atoms with Crippen LogP contribution in [0.5, 0.6) is 0 Å². The van der Waals surface area contributed by atoms with Crippen LogP contribution in [0.15, 0.2) is 75.6 Å². The second-order valence-electron chi connectivity index (χ2n) is 11.8. The van der Waals surface area contributed by atoms with Crippen LogP contribution in [0, 0.1) is 20.8 Å². The van der Waals surface area contributed by atoms with E-state index in [4.69, 9.17) is 0 Å². The standard InChI is InChI=1S/C33H40N6O5S3/c1-23-16-17-27(21-29(23)47(43,44)38-18-8-6-7-9-19-38)34-30(40)22-45-33-36-35-32(39(33)31-24(2)12-10-13-25(31)3)26-14-11-15-28(20-26)46(41,42)37(4)5/h10-17,20-21H,6-9,18-19,22H2,1-5H3,(H,34,40). The van der Waals surface area contributed by atoms with Gasteiger partial charge in [-0.15, -0.1) is 10.2 Å². The summed E-state index contributed by atoms with van der Waals surface area (Å²) in [5.41, 5.74) is 4.30. The van der Waals surface area contributed by atoms with E-state index in [1.165, 1.54) is 38.0 Å². The lowest BCUT2D eigenvalue weighted by atomic mass is 10.1. The highest BCUT2D eigenvalue weighted by Gasteiger charge is 2.27. The number of benzene rings is 3. The zero-order valence-corrected chi connectivity index (χ0v) is 29.7. The zero-order valence-electron chi connectivity index (χ0n) is 27.2. The van der Waals surface area contributed by atoms with E-state index >= 15 is 0 Å². The van der Waals surface area contributed by atoms with Crippen molar-refractivity contribution in [3.63, 3.8) is 0 Å². The lowest BCUT2D eigenvalue weighted by Gasteiger charge is -2.21. The molecule has 0 unspecified atom stereocenters. The van der Waals surface area contributed by atoms with Crippen LogP contribution in [0.3, 0.4) is 0 Å². The highest BCUT2D eigenvalue weighted by atomic mass is 32.2. The summed E-state index contributed by atoms with van der Waals surface area (Å²) in [4.78, 5) is 13.6. The van der Waals surface area contributed by atoms with Crippen molar-refractivity contribution in [3.05, 3.63) is 77.4 Å². The van der Waals surface area contributed by atoms with Crippen LogP contribution in [0.25, 0.3) is 17.1 Å². The second-order valence-corrected chi connectivity index (χ2v) is 16.8. The third-order valence-corrected chi connectivity index (χ3v) is 12.9. The number of amides is 1. The van der Waals surface area contributed by atoms with Gasteiger partial charge in [-0.1, -0.05) is 61.0 Å². The Hall–Kier alpha value is -3.56. The van der Waals surface area contributed by atoms with Crippen molar-refractivity contribution in [3.8, 4) is 17.1 Å². The summed E-state index contributed by atoms with van der Waals surface area (Å²) in [6, 6.07) is 17.4. The van der Waals surface area contributed by atoms with Crippen molar-refractivity contribution in [2.24, 2.45) is 0 Å². The van der Waals surface area contributed by atoms with Gasteiger partial charge in [0.1, 0.15) is 0 Å². The van der Waals surface area contributed by atoms with Crippen molar-refractivity contribution in [2.75, 3.05) is 38.3 Å². The number of aromatic nitrogens is 3. The molecule has 11 nitrogen and oxygen atoms in total. The molecule has 1 N–H and O–H groups in total. The molecular weight excluding hydrogens is 657 g/mol. The fraction of sp³-hybridized carbons (Fsp3) is 0.364. The maximum absolute atomic E-state index is 13.5. The lowest BCUT2D eigenvalue weighted by Crippen LogP contribution is -2.32. The molecule has 0 spiro atoms. The van der Waals surface area contributed by atoms with Gasteiger partial charge in [0.2, 0.25) is 26.0 Å². The van der Waals surface area contributed by atoms with Gasteiger partial charge < -0.3 is 5.32 Å². The van der Waals surface area contributed by atoms with Gasteiger partial charge in [0.25, 0.3) is 0 Å². The number of thioether (sulfide) groups is 1. The molecule has 4 aromatic rings. The van der Waals surface area contributed by atoms with Crippen molar-refractivity contribution >= 4 is 43.4 Å². The first-order valence-electron chi connectivity index (χ1n) is 15.4. The van der Waals surface area contributed by atoms with Crippen molar-refractivity contribution in [1.29, 1.82) is 0 Å². The normalized spacial score (nSPS) is 14.7. The van der Waals surface area contributed by atoms with Crippen LogP contribution in [0.1, 0.15) is 42.4 Å². The van der Waals surface area contributed by atoms with Crippen LogP contribution >= 0.6 is 11.8 Å². The Morgan fingerprint density at radius 3 is 2.17 bits per heavy atom. The number of carbonyl (C=O) groups is 1. The van der Waals surface area contributed by atoms with Crippen LogP contribution in [0.2, 0.25) is 0 Å². The van der Waals surface area contributed by atoms with Crippen LogP contribution in [0.4, 0.5) is 5.69 Å². The number of nitrogens with zero attached hydrogens (tertiary/aromatic N) is 5. The number of carbonyl (C=O) groups excluding carboxylic acids is 1. The Morgan fingerprint density at radius 1 is 0.851 bits per heavy atom. The Bertz CT molecular complexity index is 1980. The van der Waals surface area contributed by atoms with E-state index in [0.717, 1.165) is 46.8 Å². The Balaban J connectivity index is 1.42. The molecule has 2 heterocycles. The van der Waals surface area contributed by atoms with Crippen molar-refractivity contribution < 1.29 is 21.6 Å². The number of nitrogens with one attached hydrogen (secondary N) is 1. The third kappa shape index (κ3) is 7.46. The van der Waals surface area contributed by atoms with Gasteiger partial charge in [0, 0.05) is 38.4 Å². The summed E-state index contributed by atoms with van der Waals surface area (Å²) in [7, 11) is -4.43.